The van der Waals surface area contributed by atoms with Crippen molar-refractivity contribution in [1.82, 2.24) is 10.2 Å². The Morgan fingerprint density at radius 3 is 1.04 bits per heavy atom. The lowest BCUT2D eigenvalue weighted by Gasteiger charge is -2.37. The number of hydrogen-bond donors (Lipinski definition) is 3. The molecule has 0 bridgehead atoms. The minimum absolute atomic E-state index is 0.0139. The largest absolute Gasteiger partial charge is 0.389 e. The van der Waals surface area contributed by atoms with Crippen molar-refractivity contribution in [3.63, 3.8) is 0 Å². The van der Waals surface area contributed by atoms with E-state index in [1.54, 1.807) is 69.5 Å². The summed E-state index contributed by atoms with van der Waals surface area (Å²) in [6.45, 7) is 15.1. The normalized spacial score (nSPS) is 12.3. The van der Waals surface area contributed by atoms with Crippen LogP contribution in [0.2, 0.25) is 0 Å². The summed E-state index contributed by atoms with van der Waals surface area (Å²) < 4.78 is 0. The van der Waals surface area contributed by atoms with E-state index in [1.807, 2.05) is 14.1 Å². The van der Waals surface area contributed by atoms with E-state index in [4.69, 9.17) is 0 Å². The Balaban J connectivity index is -0.000000338. The van der Waals surface area contributed by atoms with Crippen LogP contribution in [0.3, 0.4) is 0 Å². The van der Waals surface area contributed by atoms with Crippen LogP contribution in [0.5, 0.6) is 0 Å². The molecular weight excluding hydrogens is 320 g/mol. The molecule has 0 atom stereocenters. The van der Waals surface area contributed by atoms with Crippen LogP contribution in [-0.4, -0.2) is 66.2 Å². The third kappa shape index (κ3) is 9.33. The molecule has 0 saturated heterocycles. The molecule has 0 heterocycles. The van der Waals surface area contributed by atoms with Crippen molar-refractivity contribution >= 4 is 11.7 Å². The molecule has 0 aromatic rings. The molecule has 0 spiro atoms. The molecule has 0 aromatic carbocycles. The monoisotopic (exact) mass is 362 g/mol. The molecule has 152 valence electrons. The fourth-order valence-corrected chi connectivity index (χ4v) is 1.25. The first-order valence-electron chi connectivity index (χ1n) is 8.47. The van der Waals surface area contributed by atoms with E-state index in [2.05, 4.69) is 5.32 Å². The van der Waals surface area contributed by atoms with E-state index in [9.17, 15) is 19.8 Å². The molecule has 0 fully saturated rings. The third-order valence-corrected chi connectivity index (χ3v) is 4.88. The second-order valence-corrected chi connectivity index (χ2v) is 8.62. The molecule has 0 aliphatic carbocycles. The van der Waals surface area contributed by atoms with Crippen molar-refractivity contribution < 1.29 is 19.8 Å². The molecule has 0 aliphatic rings. The molecule has 6 nitrogen and oxygen atoms in total. The van der Waals surface area contributed by atoms with E-state index in [1.165, 1.54) is 11.8 Å². The Kier molecular flexibility index (Phi) is 11.8. The first-order chi connectivity index (χ1) is 10.7. The maximum atomic E-state index is 11.6. The second-order valence-electron chi connectivity index (χ2n) is 8.62. The third-order valence-electron chi connectivity index (χ3n) is 4.88. The summed E-state index contributed by atoms with van der Waals surface area (Å²) in [4.78, 5) is 24.0. The first kappa shape index (κ1) is 28.8. The fraction of sp³-hybridized carbons (Fsp3) is 0.895. The van der Waals surface area contributed by atoms with Gasteiger partial charge in [-0.2, -0.15) is 0 Å². The van der Waals surface area contributed by atoms with Crippen molar-refractivity contribution in [1.29, 1.82) is 0 Å². The smallest absolute Gasteiger partial charge is 0.230 e. The van der Waals surface area contributed by atoms with Gasteiger partial charge in [-0.1, -0.05) is 13.8 Å². The highest BCUT2D eigenvalue weighted by Gasteiger charge is 2.42. The van der Waals surface area contributed by atoms with Gasteiger partial charge in [0, 0.05) is 14.1 Å². The number of nitrogens with zero attached hydrogens (tertiary/aromatic N) is 1. The van der Waals surface area contributed by atoms with Crippen molar-refractivity contribution in [3.8, 4) is 0 Å². The molecule has 0 aromatic heterocycles. The fourth-order valence-electron chi connectivity index (χ4n) is 1.25. The van der Waals surface area contributed by atoms with Crippen LogP contribution in [0.15, 0.2) is 0 Å². The molecule has 6 heteroatoms. The molecule has 3 N–H and O–H groups in total. The van der Waals surface area contributed by atoms with Gasteiger partial charge < -0.3 is 20.4 Å². The zero-order chi connectivity index (χ0) is 21.4. The van der Waals surface area contributed by atoms with Gasteiger partial charge in [0.15, 0.2) is 0 Å². The maximum absolute atomic E-state index is 11.6. The van der Waals surface area contributed by atoms with Gasteiger partial charge in [0.05, 0.1) is 22.0 Å². The molecule has 0 unspecified atom stereocenters. The number of aliphatic hydroxyl groups is 2. The van der Waals surface area contributed by atoms with Crippen molar-refractivity contribution in [2.75, 3.05) is 28.2 Å². The van der Waals surface area contributed by atoms with Crippen LogP contribution in [0.1, 0.15) is 62.3 Å². The number of rotatable bonds is 4. The predicted molar refractivity (Wildman–Crippen MR) is 105 cm³/mol. The van der Waals surface area contributed by atoms with Gasteiger partial charge in [0.1, 0.15) is 5.78 Å². The van der Waals surface area contributed by atoms with Crippen LogP contribution in [0.4, 0.5) is 0 Å². The molecule has 0 aliphatic heterocycles. The molecule has 1 amide bonds. The first-order valence-corrected chi connectivity index (χ1v) is 8.47. The van der Waals surface area contributed by atoms with Crippen molar-refractivity contribution in [3.05, 3.63) is 0 Å². The summed E-state index contributed by atoms with van der Waals surface area (Å²) in [5.74, 6) is -0.0463. The lowest BCUT2D eigenvalue weighted by atomic mass is 9.74. The van der Waals surface area contributed by atoms with Crippen LogP contribution in [0.25, 0.3) is 0 Å². The van der Waals surface area contributed by atoms with Crippen LogP contribution < -0.4 is 5.32 Å². The van der Waals surface area contributed by atoms with E-state index in [-0.39, 0.29) is 11.7 Å². The van der Waals surface area contributed by atoms with E-state index in [0.717, 1.165) is 0 Å². The summed E-state index contributed by atoms with van der Waals surface area (Å²) in [7, 11) is 7.13. The minimum Gasteiger partial charge on any atom is -0.389 e. The standard InChI is InChI=1S/C9H19NO2.C8H16O2.C2H7N/c1-8(2,9(3,4)12)7(11)10(5)6;1-6(9)7(2,3)8(4,5)10;1-3-2/h12H,1-6H3;10H,1-5H3;3H,1-2H3. The molecule has 25 heavy (non-hydrogen) atoms. The van der Waals surface area contributed by atoms with Gasteiger partial charge in [-0.25, -0.2) is 0 Å². The summed E-state index contributed by atoms with van der Waals surface area (Å²) in [6.07, 6.45) is 0. The number of Topliss-reactive ketones (excluding diaryl/α,β-unsaturated/α-hetero) is 1. The van der Waals surface area contributed by atoms with Gasteiger partial charge in [0.25, 0.3) is 0 Å². The SMILES string of the molecule is CC(=O)C(C)(C)C(C)(C)O.CN(C)C(=O)C(C)(C)C(C)(C)O.CNC. The lowest BCUT2D eigenvalue weighted by Crippen LogP contribution is -2.49. The van der Waals surface area contributed by atoms with Crippen molar-refractivity contribution in [2.24, 2.45) is 10.8 Å². The Labute approximate surface area is 155 Å². The number of carbonyl (C=O) groups is 2. The molecule has 0 radical (unpaired) electrons. The van der Waals surface area contributed by atoms with E-state index < -0.39 is 22.0 Å². The number of amides is 1. The summed E-state index contributed by atoms with van der Waals surface area (Å²) in [5.41, 5.74) is -3.31. The Bertz CT molecular complexity index is 414. The molecule has 0 rings (SSSR count). The van der Waals surface area contributed by atoms with E-state index >= 15 is 0 Å². The molecule has 0 saturated carbocycles. The quantitative estimate of drug-likeness (QED) is 0.712. The number of nitrogens with one attached hydrogen (secondary N) is 1. The zero-order valence-electron chi connectivity index (χ0n) is 18.7. The van der Waals surface area contributed by atoms with E-state index in [0.29, 0.717) is 0 Å². The van der Waals surface area contributed by atoms with Crippen LogP contribution >= 0.6 is 0 Å². The Morgan fingerprint density at radius 2 is 1.00 bits per heavy atom. The van der Waals surface area contributed by atoms with Gasteiger partial charge in [-0.05, 0) is 62.6 Å². The lowest BCUT2D eigenvalue weighted by molar-refractivity contribution is -0.151. The Morgan fingerprint density at radius 1 is 0.760 bits per heavy atom. The highest BCUT2D eigenvalue weighted by molar-refractivity contribution is 5.83. The van der Waals surface area contributed by atoms with Gasteiger partial charge in [-0.15, -0.1) is 0 Å². The minimum atomic E-state index is -0.992. The Hall–Kier alpha value is -0.980. The van der Waals surface area contributed by atoms with Gasteiger partial charge in [-0.3, -0.25) is 9.59 Å². The average Bonchev–Trinajstić information content (AvgIpc) is 2.36. The van der Waals surface area contributed by atoms with Gasteiger partial charge in [0.2, 0.25) is 5.91 Å². The maximum Gasteiger partial charge on any atom is 0.230 e. The van der Waals surface area contributed by atoms with Crippen LogP contribution in [-0.2, 0) is 9.59 Å². The van der Waals surface area contributed by atoms with Crippen LogP contribution in [0, 0.1) is 10.8 Å². The summed E-state index contributed by atoms with van der Waals surface area (Å²) in [6, 6.07) is 0. The zero-order valence-corrected chi connectivity index (χ0v) is 18.7. The summed E-state index contributed by atoms with van der Waals surface area (Å²) >= 11 is 0. The molecular formula is C19H42N2O4. The number of ketones is 1. The number of hydrogen-bond acceptors (Lipinski definition) is 5. The average molecular weight is 363 g/mol. The second kappa shape index (κ2) is 10.2. The highest BCUT2D eigenvalue weighted by Crippen LogP contribution is 2.32. The summed E-state index contributed by atoms with van der Waals surface area (Å²) in [5, 5.41) is 22.0. The highest BCUT2D eigenvalue weighted by atomic mass is 16.3. The van der Waals surface area contributed by atoms with Gasteiger partial charge >= 0.3 is 0 Å². The number of carbonyl (C=O) groups excluding carboxylic acids is 2. The van der Waals surface area contributed by atoms with Crippen molar-refractivity contribution in [2.45, 2.75) is 73.5 Å². The topological polar surface area (TPSA) is 89.9 Å². The predicted octanol–water partition coefficient (Wildman–Crippen LogP) is 2.08.